The van der Waals surface area contributed by atoms with E-state index < -0.39 is 12.1 Å². The molecule has 1 N–H and O–H groups in total. The molecule has 0 saturated carbocycles. The van der Waals surface area contributed by atoms with Gasteiger partial charge in [0.2, 0.25) is 5.89 Å². The molecule has 0 aliphatic carbocycles. The first-order valence-electron chi connectivity index (χ1n) is 10.7. The molecule has 0 bridgehead atoms. The summed E-state index contributed by atoms with van der Waals surface area (Å²) in [7, 11) is 0. The summed E-state index contributed by atoms with van der Waals surface area (Å²) in [4.78, 5) is 17.8. The summed E-state index contributed by atoms with van der Waals surface area (Å²) in [5.74, 6) is 1.07. The molecule has 6 nitrogen and oxygen atoms in total. The molecule has 0 amide bonds. The van der Waals surface area contributed by atoms with Crippen LogP contribution in [0.2, 0.25) is 0 Å². The van der Waals surface area contributed by atoms with Gasteiger partial charge in [-0.2, -0.15) is 0 Å². The van der Waals surface area contributed by atoms with E-state index in [1.54, 1.807) is 11.3 Å². The first kappa shape index (κ1) is 22.8. The van der Waals surface area contributed by atoms with Crippen LogP contribution < -0.4 is 4.74 Å². The number of ether oxygens (including phenoxy) is 2. The van der Waals surface area contributed by atoms with Crippen molar-refractivity contribution in [1.82, 2.24) is 4.98 Å². The highest BCUT2D eigenvalue weighted by molar-refractivity contribution is 7.18. The number of hydrogen-bond acceptors (Lipinski definition) is 6. The van der Waals surface area contributed by atoms with Crippen molar-refractivity contribution in [2.45, 2.75) is 33.0 Å². The van der Waals surface area contributed by atoms with E-state index in [-0.39, 0.29) is 13.0 Å². The summed E-state index contributed by atoms with van der Waals surface area (Å²) >= 11 is 1.64. The Morgan fingerprint density at radius 1 is 1.06 bits per heavy atom. The van der Waals surface area contributed by atoms with Crippen molar-refractivity contribution >= 4 is 17.3 Å². The molecule has 0 radical (unpaired) electrons. The number of rotatable bonds is 10. The predicted molar refractivity (Wildman–Crippen MR) is 127 cm³/mol. The summed E-state index contributed by atoms with van der Waals surface area (Å²) in [5.41, 5.74) is 2.71. The summed E-state index contributed by atoms with van der Waals surface area (Å²) in [6, 6.07) is 21.6. The van der Waals surface area contributed by atoms with E-state index in [1.165, 1.54) is 5.56 Å². The van der Waals surface area contributed by atoms with Crippen molar-refractivity contribution in [2.75, 3.05) is 6.61 Å². The van der Waals surface area contributed by atoms with Crippen molar-refractivity contribution < 1.29 is 23.8 Å². The highest BCUT2D eigenvalue weighted by Crippen LogP contribution is 2.35. The smallest absolute Gasteiger partial charge is 0.306 e. The molecule has 2 heterocycles. The lowest BCUT2D eigenvalue weighted by Gasteiger charge is -2.15. The Balaban J connectivity index is 1.42. The Morgan fingerprint density at radius 2 is 1.79 bits per heavy atom. The van der Waals surface area contributed by atoms with E-state index >= 15 is 0 Å². The molecule has 7 heteroatoms. The van der Waals surface area contributed by atoms with Gasteiger partial charge in [0.25, 0.3) is 0 Å². The Bertz CT molecular complexity index is 1200. The van der Waals surface area contributed by atoms with Crippen molar-refractivity contribution in [3.8, 4) is 27.0 Å². The minimum Gasteiger partial charge on any atom is -0.487 e. The third-order valence-corrected chi connectivity index (χ3v) is 6.25. The molecule has 0 fully saturated rings. The van der Waals surface area contributed by atoms with Crippen molar-refractivity contribution in [3.63, 3.8) is 0 Å². The van der Waals surface area contributed by atoms with E-state index in [0.29, 0.717) is 24.0 Å². The number of aromatic nitrogens is 1. The van der Waals surface area contributed by atoms with Crippen LogP contribution in [0.25, 0.3) is 21.2 Å². The molecule has 2 aromatic heterocycles. The lowest BCUT2D eigenvalue weighted by atomic mass is 10.1. The average Bonchev–Trinajstić information content (AvgIpc) is 3.45. The highest BCUT2D eigenvalue weighted by atomic mass is 32.1. The Hall–Kier alpha value is -3.42. The summed E-state index contributed by atoms with van der Waals surface area (Å²) in [5, 5.41) is 9.09. The molecule has 0 saturated heterocycles. The second kappa shape index (κ2) is 10.5. The number of carboxylic acid groups (broad SMARTS) is 1. The van der Waals surface area contributed by atoms with E-state index in [9.17, 15) is 4.79 Å². The van der Waals surface area contributed by atoms with Crippen LogP contribution in [0, 0.1) is 6.92 Å². The predicted octanol–water partition coefficient (Wildman–Crippen LogP) is 6.51. The van der Waals surface area contributed by atoms with Gasteiger partial charge in [-0.1, -0.05) is 42.5 Å². The second-order valence-corrected chi connectivity index (χ2v) is 8.54. The fourth-order valence-corrected chi connectivity index (χ4v) is 4.38. The Labute approximate surface area is 196 Å². The van der Waals surface area contributed by atoms with E-state index in [1.807, 2.05) is 62.4 Å². The van der Waals surface area contributed by atoms with Gasteiger partial charge in [-0.15, -0.1) is 11.3 Å². The van der Waals surface area contributed by atoms with Gasteiger partial charge in [0.05, 0.1) is 17.4 Å². The maximum Gasteiger partial charge on any atom is 0.306 e. The van der Waals surface area contributed by atoms with Gasteiger partial charge in [0, 0.05) is 11.5 Å². The minimum atomic E-state index is -0.896. The molecular formula is C26H25NO5S. The summed E-state index contributed by atoms with van der Waals surface area (Å²) in [6.45, 7) is 4.44. The monoisotopic (exact) mass is 463 g/mol. The molecule has 4 rings (SSSR count). The van der Waals surface area contributed by atoms with Crippen LogP contribution in [0.4, 0.5) is 0 Å². The zero-order valence-corrected chi connectivity index (χ0v) is 19.3. The maximum absolute atomic E-state index is 11.1. The molecule has 1 unspecified atom stereocenters. The SMILES string of the molecule is CCOC(CC(=O)O)c1ccc(OCc2nc(-c3ccc(-c4ccccc4)s3)oc2C)cc1. The van der Waals surface area contributed by atoms with Crippen molar-refractivity contribution in [1.29, 1.82) is 0 Å². The quantitative estimate of drug-likeness (QED) is 0.289. The van der Waals surface area contributed by atoms with Crippen LogP contribution in [-0.2, 0) is 16.1 Å². The van der Waals surface area contributed by atoms with Gasteiger partial charge in [0.1, 0.15) is 23.8 Å². The van der Waals surface area contributed by atoms with E-state index in [4.69, 9.17) is 19.0 Å². The number of aryl methyl sites for hydroxylation is 1. The number of nitrogens with zero attached hydrogens (tertiary/aromatic N) is 1. The normalized spacial score (nSPS) is 11.9. The fourth-order valence-electron chi connectivity index (χ4n) is 3.44. The minimum absolute atomic E-state index is 0.0797. The van der Waals surface area contributed by atoms with Crippen molar-refractivity contribution in [3.05, 3.63) is 83.7 Å². The number of benzene rings is 2. The molecule has 0 aliphatic rings. The summed E-state index contributed by atoms with van der Waals surface area (Å²) < 4.78 is 17.4. The van der Waals surface area contributed by atoms with Crippen LogP contribution in [-0.4, -0.2) is 22.7 Å². The Kier molecular flexibility index (Phi) is 7.22. The third-order valence-electron chi connectivity index (χ3n) is 5.12. The van der Waals surface area contributed by atoms with Gasteiger partial charge in [-0.3, -0.25) is 4.79 Å². The average molecular weight is 464 g/mol. The van der Waals surface area contributed by atoms with Crippen LogP contribution in [0.15, 0.2) is 71.1 Å². The lowest BCUT2D eigenvalue weighted by Crippen LogP contribution is -2.10. The van der Waals surface area contributed by atoms with Crippen molar-refractivity contribution in [2.24, 2.45) is 0 Å². The lowest BCUT2D eigenvalue weighted by molar-refractivity contribution is -0.140. The van der Waals surface area contributed by atoms with Gasteiger partial charge in [-0.05, 0) is 49.2 Å². The maximum atomic E-state index is 11.1. The van der Waals surface area contributed by atoms with Crippen LogP contribution in [0.5, 0.6) is 5.75 Å². The standard InChI is InChI=1S/C26H25NO5S/c1-3-30-22(15-25(28)29)18-9-11-20(12-10-18)31-16-21-17(2)32-26(27-21)24-14-13-23(33-24)19-7-5-4-6-8-19/h4-14,22H,3,15-16H2,1-2H3,(H,28,29). The largest absolute Gasteiger partial charge is 0.487 e. The van der Waals surface area contributed by atoms with E-state index in [0.717, 1.165) is 21.0 Å². The van der Waals surface area contributed by atoms with E-state index in [2.05, 4.69) is 23.2 Å². The number of aliphatic carboxylic acids is 1. The van der Waals surface area contributed by atoms with Gasteiger partial charge in [-0.25, -0.2) is 4.98 Å². The first-order valence-corrected chi connectivity index (χ1v) is 11.5. The van der Waals surface area contributed by atoms with Gasteiger partial charge >= 0.3 is 5.97 Å². The summed E-state index contributed by atoms with van der Waals surface area (Å²) in [6.07, 6.45) is -0.558. The highest BCUT2D eigenvalue weighted by Gasteiger charge is 2.17. The van der Waals surface area contributed by atoms with Gasteiger partial charge < -0.3 is 19.0 Å². The van der Waals surface area contributed by atoms with Crippen LogP contribution in [0.1, 0.15) is 36.5 Å². The molecule has 0 spiro atoms. The Morgan fingerprint density at radius 3 is 2.48 bits per heavy atom. The molecule has 0 aliphatic heterocycles. The number of hydrogen-bond donors (Lipinski definition) is 1. The number of carboxylic acids is 1. The molecule has 4 aromatic rings. The number of thiophene rings is 1. The fraction of sp³-hybridized carbons (Fsp3) is 0.231. The topological polar surface area (TPSA) is 81.8 Å². The molecule has 2 aromatic carbocycles. The second-order valence-electron chi connectivity index (χ2n) is 7.45. The zero-order valence-electron chi connectivity index (χ0n) is 18.5. The third kappa shape index (κ3) is 5.69. The van der Waals surface area contributed by atoms with Gasteiger partial charge in [0.15, 0.2) is 0 Å². The first-order chi connectivity index (χ1) is 16.0. The molecule has 33 heavy (non-hydrogen) atoms. The number of carbonyl (C=O) groups is 1. The molecule has 1 atom stereocenters. The zero-order chi connectivity index (χ0) is 23.2. The van der Waals surface area contributed by atoms with Crippen LogP contribution >= 0.6 is 11.3 Å². The van der Waals surface area contributed by atoms with Crippen LogP contribution in [0.3, 0.4) is 0 Å². The molecule has 170 valence electrons. The molecular weight excluding hydrogens is 438 g/mol. The number of oxazole rings is 1.